The van der Waals surface area contributed by atoms with Crippen molar-refractivity contribution in [3.63, 3.8) is 0 Å². The molecule has 1 saturated heterocycles. The van der Waals surface area contributed by atoms with Gasteiger partial charge < -0.3 is 15.4 Å². The number of ether oxygens (including phenoxy) is 1. The van der Waals surface area contributed by atoms with Gasteiger partial charge in [0.2, 0.25) is 0 Å². The van der Waals surface area contributed by atoms with Crippen LogP contribution in [0.5, 0.6) is 11.5 Å². The van der Waals surface area contributed by atoms with Crippen molar-refractivity contribution < 1.29 is 9.53 Å². The first kappa shape index (κ1) is 18.1. The fraction of sp³-hybridized carbons (Fsp3) is 0.300. The number of aromatic nitrogens is 4. The van der Waals surface area contributed by atoms with Crippen LogP contribution in [0.4, 0.5) is 5.69 Å². The highest BCUT2D eigenvalue weighted by Crippen LogP contribution is 2.23. The lowest BCUT2D eigenvalue weighted by molar-refractivity contribution is 0.102. The first-order chi connectivity index (χ1) is 13.7. The third-order valence-corrected chi connectivity index (χ3v) is 4.79. The fourth-order valence-electron chi connectivity index (χ4n) is 3.29. The van der Waals surface area contributed by atoms with Gasteiger partial charge in [-0.2, -0.15) is 0 Å². The van der Waals surface area contributed by atoms with Crippen LogP contribution in [-0.4, -0.2) is 39.0 Å². The molecule has 2 N–H and O–H groups in total. The summed E-state index contributed by atoms with van der Waals surface area (Å²) in [5.74, 6) is 1.12. The quantitative estimate of drug-likeness (QED) is 0.709. The molecule has 1 aliphatic heterocycles. The summed E-state index contributed by atoms with van der Waals surface area (Å²) in [7, 11) is 0. The van der Waals surface area contributed by atoms with Crippen LogP contribution < -0.4 is 15.4 Å². The van der Waals surface area contributed by atoms with Crippen LogP contribution in [0.1, 0.15) is 35.1 Å². The third-order valence-electron chi connectivity index (χ3n) is 4.79. The van der Waals surface area contributed by atoms with Crippen LogP contribution in [0.3, 0.4) is 0 Å². The first-order valence-corrected chi connectivity index (χ1v) is 9.32. The molecule has 0 radical (unpaired) electrons. The van der Waals surface area contributed by atoms with Crippen LogP contribution in [0.2, 0.25) is 0 Å². The molecule has 1 fully saturated rings. The lowest BCUT2D eigenvalue weighted by Crippen LogP contribution is -2.30. The molecule has 1 aliphatic rings. The summed E-state index contributed by atoms with van der Waals surface area (Å²) in [4.78, 5) is 16.6. The maximum Gasteiger partial charge on any atom is 0.278 e. The number of carbonyl (C=O) groups is 1. The molecule has 0 saturated carbocycles. The summed E-state index contributed by atoms with van der Waals surface area (Å²) in [5, 5.41) is 14.5. The summed E-state index contributed by atoms with van der Waals surface area (Å²) in [6, 6.07) is 11.0. The van der Waals surface area contributed by atoms with Gasteiger partial charge in [-0.1, -0.05) is 5.21 Å². The van der Waals surface area contributed by atoms with Crippen molar-refractivity contribution in [2.24, 2.45) is 0 Å². The number of piperidine rings is 1. The van der Waals surface area contributed by atoms with E-state index in [0.717, 1.165) is 31.6 Å². The maximum absolute atomic E-state index is 12.6. The zero-order valence-electron chi connectivity index (χ0n) is 15.6. The van der Waals surface area contributed by atoms with Gasteiger partial charge in [0, 0.05) is 18.1 Å². The van der Waals surface area contributed by atoms with E-state index >= 15 is 0 Å². The average molecular weight is 378 g/mol. The van der Waals surface area contributed by atoms with Gasteiger partial charge in [0.15, 0.2) is 5.69 Å². The molecule has 0 atom stereocenters. The van der Waals surface area contributed by atoms with Crippen molar-refractivity contribution in [1.29, 1.82) is 0 Å². The van der Waals surface area contributed by atoms with E-state index in [2.05, 4.69) is 25.9 Å². The minimum atomic E-state index is -0.263. The van der Waals surface area contributed by atoms with Crippen molar-refractivity contribution in [3.05, 3.63) is 60.2 Å². The second-order valence-corrected chi connectivity index (χ2v) is 6.71. The molecule has 3 aromatic rings. The number of rotatable bonds is 5. The molecule has 1 amide bonds. The van der Waals surface area contributed by atoms with E-state index in [1.54, 1.807) is 48.8 Å². The second-order valence-electron chi connectivity index (χ2n) is 6.71. The maximum atomic E-state index is 12.6. The van der Waals surface area contributed by atoms with Crippen molar-refractivity contribution >= 4 is 11.6 Å². The molecule has 28 heavy (non-hydrogen) atoms. The van der Waals surface area contributed by atoms with Gasteiger partial charge in [-0.15, -0.1) is 5.10 Å². The molecular weight excluding hydrogens is 356 g/mol. The Morgan fingerprint density at radius 3 is 2.50 bits per heavy atom. The number of amides is 1. The number of benzene rings is 1. The van der Waals surface area contributed by atoms with Crippen molar-refractivity contribution in [2.75, 3.05) is 18.4 Å². The largest absolute Gasteiger partial charge is 0.457 e. The molecule has 3 heterocycles. The van der Waals surface area contributed by atoms with E-state index < -0.39 is 0 Å². The van der Waals surface area contributed by atoms with Crippen LogP contribution >= 0.6 is 0 Å². The molecular formula is C20H22N6O2. The summed E-state index contributed by atoms with van der Waals surface area (Å²) in [6.45, 7) is 3.81. The first-order valence-electron chi connectivity index (χ1n) is 9.32. The van der Waals surface area contributed by atoms with Gasteiger partial charge in [0.1, 0.15) is 11.5 Å². The Labute approximate surface area is 162 Å². The molecule has 4 rings (SSSR count). The SMILES string of the molecule is Cc1c(C(=O)Nc2ccc(Oc3ccncc3)cc2)nnn1C1CCNCC1. The van der Waals surface area contributed by atoms with Gasteiger partial charge in [-0.3, -0.25) is 9.78 Å². The van der Waals surface area contributed by atoms with Crippen LogP contribution in [0.15, 0.2) is 48.8 Å². The number of nitrogens with one attached hydrogen (secondary N) is 2. The molecule has 0 bridgehead atoms. The summed E-state index contributed by atoms with van der Waals surface area (Å²) < 4.78 is 7.61. The van der Waals surface area contributed by atoms with Crippen LogP contribution in [-0.2, 0) is 0 Å². The van der Waals surface area contributed by atoms with E-state index in [4.69, 9.17) is 4.74 Å². The van der Waals surface area contributed by atoms with Crippen LogP contribution in [0.25, 0.3) is 0 Å². The summed E-state index contributed by atoms with van der Waals surface area (Å²) in [6.07, 6.45) is 5.32. The Morgan fingerprint density at radius 2 is 1.79 bits per heavy atom. The van der Waals surface area contributed by atoms with Gasteiger partial charge in [-0.25, -0.2) is 4.68 Å². The highest BCUT2D eigenvalue weighted by Gasteiger charge is 2.22. The molecule has 8 nitrogen and oxygen atoms in total. The van der Waals surface area contributed by atoms with E-state index in [1.807, 2.05) is 11.6 Å². The molecule has 1 aromatic carbocycles. The monoisotopic (exact) mass is 378 g/mol. The van der Waals surface area contributed by atoms with E-state index in [0.29, 0.717) is 28.9 Å². The minimum absolute atomic E-state index is 0.263. The molecule has 2 aromatic heterocycles. The highest BCUT2D eigenvalue weighted by atomic mass is 16.5. The smallest absolute Gasteiger partial charge is 0.278 e. The number of hydrogen-bond donors (Lipinski definition) is 2. The fourth-order valence-corrected chi connectivity index (χ4v) is 3.29. The topological polar surface area (TPSA) is 94.0 Å². The molecule has 8 heteroatoms. The van der Waals surface area contributed by atoms with Crippen LogP contribution in [0, 0.1) is 6.92 Å². The Kier molecular flexibility index (Phi) is 5.29. The number of pyridine rings is 1. The number of hydrogen-bond acceptors (Lipinski definition) is 6. The van der Waals surface area contributed by atoms with Crippen molar-refractivity contribution in [2.45, 2.75) is 25.8 Å². The Bertz CT molecular complexity index is 933. The molecule has 0 unspecified atom stereocenters. The molecule has 144 valence electrons. The Morgan fingerprint density at radius 1 is 1.11 bits per heavy atom. The zero-order valence-corrected chi connectivity index (χ0v) is 15.6. The summed E-state index contributed by atoms with van der Waals surface area (Å²) in [5.41, 5.74) is 1.82. The third kappa shape index (κ3) is 4.01. The van der Waals surface area contributed by atoms with Gasteiger partial charge in [0.25, 0.3) is 5.91 Å². The van der Waals surface area contributed by atoms with Gasteiger partial charge in [0.05, 0.1) is 11.7 Å². The standard InChI is InChI=1S/C20H22N6O2/c1-14-19(24-25-26(14)16-6-10-21-11-7-16)20(27)23-15-2-4-17(5-3-15)28-18-8-12-22-13-9-18/h2-5,8-9,12-13,16,21H,6-7,10-11H2,1H3,(H,23,27). The lowest BCUT2D eigenvalue weighted by Gasteiger charge is -2.23. The normalized spacial score (nSPS) is 14.6. The van der Waals surface area contributed by atoms with E-state index in [9.17, 15) is 4.79 Å². The van der Waals surface area contributed by atoms with Crippen molar-refractivity contribution in [1.82, 2.24) is 25.3 Å². The minimum Gasteiger partial charge on any atom is -0.457 e. The van der Waals surface area contributed by atoms with Gasteiger partial charge >= 0.3 is 0 Å². The average Bonchev–Trinajstić information content (AvgIpc) is 3.12. The molecule has 0 spiro atoms. The van der Waals surface area contributed by atoms with Gasteiger partial charge in [-0.05, 0) is 69.3 Å². The zero-order chi connectivity index (χ0) is 19.3. The van der Waals surface area contributed by atoms with E-state index in [-0.39, 0.29) is 5.91 Å². The van der Waals surface area contributed by atoms with Crippen molar-refractivity contribution in [3.8, 4) is 11.5 Å². The predicted octanol–water partition coefficient (Wildman–Crippen LogP) is 2.95. The highest BCUT2D eigenvalue weighted by molar-refractivity contribution is 6.03. The predicted molar refractivity (Wildman–Crippen MR) is 105 cm³/mol. The Balaban J connectivity index is 1.41. The van der Waals surface area contributed by atoms with E-state index in [1.165, 1.54) is 0 Å². The summed E-state index contributed by atoms with van der Waals surface area (Å²) >= 11 is 0. The Hall–Kier alpha value is -3.26. The second kappa shape index (κ2) is 8.18. The number of nitrogens with zero attached hydrogens (tertiary/aromatic N) is 4. The lowest BCUT2D eigenvalue weighted by atomic mass is 10.1. The molecule has 0 aliphatic carbocycles. The number of carbonyl (C=O) groups excluding carboxylic acids is 1. The number of anilines is 1.